The maximum Gasteiger partial charge on any atom is 0.0694 e. The average molecular weight is 331 g/mol. The van der Waals surface area contributed by atoms with Gasteiger partial charge in [-0.1, -0.05) is 29.8 Å². The maximum absolute atomic E-state index is 6.26. The molecule has 0 radical (unpaired) electrons. The summed E-state index contributed by atoms with van der Waals surface area (Å²) in [7, 11) is 1.95. The van der Waals surface area contributed by atoms with E-state index in [1.165, 1.54) is 9.75 Å². The van der Waals surface area contributed by atoms with Gasteiger partial charge in [-0.25, -0.2) is 0 Å². The van der Waals surface area contributed by atoms with Crippen LogP contribution in [0.25, 0.3) is 0 Å². The monoisotopic (exact) mass is 329 g/mol. The van der Waals surface area contributed by atoms with E-state index in [4.69, 9.17) is 11.6 Å². The van der Waals surface area contributed by atoms with Crippen LogP contribution in [0.15, 0.2) is 34.8 Å². The van der Waals surface area contributed by atoms with Crippen molar-refractivity contribution < 1.29 is 0 Å². The predicted molar refractivity (Wildman–Crippen MR) is 79.1 cm³/mol. The normalized spacial score (nSPS) is 12.7. The van der Waals surface area contributed by atoms with Crippen LogP contribution >= 0.6 is 38.9 Å². The number of hydrogen-bond donors (Lipinski definition) is 1. The van der Waals surface area contributed by atoms with Crippen molar-refractivity contribution in [3.63, 3.8) is 0 Å². The van der Waals surface area contributed by atoms with Crippen molar-refractivity contribution in [2.45, 2.75) is 13.0 Å². The number of nitrogens with one attached hydrogen (secondary N) is 1. The van der Waals surface area contributed by atoms with Crippen molar-refractivity contribution in [3.05, 3.63) is 55.1 Å². The number of aryl methyl sites for hydroxylation is 1. The van der Waals surface area contributed by atoms with Crippen molar-refractivity contribution in [3.8, 4) is 0 Å². The third kappa shape index (κ3) is 2.74. The van der Waals surface area contributed by atoms with Gasteiger partial charge in [0.2, 0.25) is 0 Å². The van der Waals surface area contributed by atoms with Crippen molar-refractivity contribution >= 4 is 38.9 Å². The van der Waals surface area contributed by atoms with Crippen LogP contribution in [0.5, 0.6) is 0 Å². The Morgan fingerprint density at radius 2 is 2.06 bits per heavy atom. The van der Waals surface area contributed by atoms with Gasteiger partial charge >= 0.3 is 0 Å². The van der Waals surface area contributed by atoms with Crippen LogP contribution < -0.4 is 5.32 Å². The molecule has 1 nitrogen and oxygen atoms in total. The molecule has 1 unspecified atom stereocenters. The van der Waals surface area contributed by atoms with Gasteiger partial charge < -0.3 is 5.32 Å². The highest BCUT2D eigenvalue weighted by Gasteiger charge is 2.19. The van der Waals surface area contributed by atoms with E-state index in [1.54, 1.807) is 11.3 Å². The lowest BCUT2D eigenvalue weighted by Crippen LogP contribution is -2.17. The molecule has 1 heterocycles. The van der Waals surface area contributed by atoms with E-state index < -0.39 is 0 Å². The van der Waals surface area contributed by atoms with Crippen LogP contribution in [0, 0.1) is 6.92 Å². The first-order valence-corrected chi connectivity index (χ1v) is 7.29. The Balaban J connectivity index is 2.47. The number of halogens is 2. The summed E-state index contributed by atoms with van der Waals surface area (Å²) in [4.78, 5) is 2.55. The van der Waals surface area contributed by atoms with Gasteiger partial charge in [0.15, 0.2) is 0 Å². The smallest absolute Gasteiger partial charge is 0.0694 e. The highest BCUT2D eigenvalue weighted by molar-refractivity contribution is 9.10. The molecule has 17 heavy (non-hydrogen) atoms. The van der Waals surface area contributed by atoms with Crippen molar-refractivity contribution in [2.75, 3.05) is 7.05 Å². The zero-order valence-corrected chi connectivity index (χ0v) is 12.8. The molecule has 1 atom stereocenters. The third-order valence-corrected chi connectivity index (χ3v) is 4.98. The standard InChI is InChI=1S/C13H13BrClNS/c1-8-7-10(14)13(17-8)12(16-2)9-5-3-4-6-11(9)15/h3-7,12,16H,1-2H3. The van der Waals surface area contributed by atoms with Gasteiger partial charge in [0.05, 0.1) is 6.04 Å². The first-order valence-electron chi connectivity index (χ1n) is 5.31. The van der Waals surface area contributed by atoms with Crippen LogP contribution in [0.2, 0.25) is 5.02 Å². The van der Waals surface area contributed by atoms with Crippen molar-refractivity contribution in [1.29, 1.82) is 0 Å². The second kappa shape index (κ2) is 5.53. The van der Waals surface area contributed by atoms with Gasteiger partial charge in [-0.05, 0) is 47.6 Å². The summed E-state index contributed by atoms with van der Waals surface area (Å²) in [6.07, 6.45) is 0. The molecule has 2 rings (SSSR count). The van der Waals surface area contributed by atoms with E-state index in [-0.39, 0.29) is 6.04 Å². The molecule has 0 amide bonds. The molecule has 0 aliphatic carbocycles. The Bertz CT molecular complexity index is 524. The first-order chi connectivity index (χ1) is 8.13. The predicted octanol–water partition coefficient (Wildman–Crippen LogP) is 4.78. The fourth-order valence-corrected chi connectivity index (χ4v) is 4.09. The average Bonchev–Trinajstić information content (AvgIpc) is 2.62. The molecule has 2 aromatic rings. The summed E-state index contributed by atoms with van der Waals surface area (Å²) in [5.74, 6) is 0. The van der Waals surface area contributed by atoms with Crippen LogP contribution in [-0.4, -0.2) is 7.05 Å². The van der Waals surface area contributed by atoms with Crippen molar-refractivity contribution in [1.82, 2.24) is 5.32 Å². The molecular weight excluding hydrogens is 318 g/mol. The maximum atomic E-state index is 6.26. The summed E-state index contributed by atoms with van der Waals surface area (Å²) in [6, 6.07) is 10.2. The van der Waals surface area contributed by atoms with E-state index in [0.29, 0.717) is 0 Å². The lowest BCUT2D eigenvalue weighted by atomic mass is 10.1. The number of hydrogen-bond acceptors (Lipinski definition) is 2. The second-order valence-electron chi connectivity index (χ2n) is 3.81. The minimum Gasteiger partial charge on any atom is -0.309 e. The summed E-state index contributed by atoms with van der Waals surface area (Å²) in [5, 5.41) is 4.12. The van der Waals surface area contributed by atoms with Crippen LogP contribution in [-0.2, 0) is 0 Å². The van der Waals surface area contributed by atoms with Crippen LogP contribution in [0.3, 0.4) is 0 Å². The molecule has 0 saturated heterocycles. The minimum absolute atomic E-state index is 0.136. The molecule has 0 saturated carbocycles. The molecule has 0 bridgehead atoms. The Hall–Kier alpha value is -0.350. The lowest BCUT2D eigenvalue weighted by molar-refractivity contribution is 0.702. The molecular formula is C13H13BrClNS. The zero-order chi connectivity index (χ0) is 12.4. The van der Waals surface area contributed by atoms with E-state index >= 15 is 0 Å². The molecule has 0 spiro atoms. The molecule has 0 aliphatic rings. The highest BCUT2D eigenvalue weighted by atomic mass is 79.9. The quantitative estimate of drug-likeness (QED) is 0.854. The van der Waals surface area contributed by atoms with Crippen LogP contribution in [0.4, 0.5) is 0 Å². The Labute approximate surface area is 119 Å². The summed E-state index contributed by atoms with van der Waals surface area (Å²) in [6.45, 7) is 2.11. The topological polar surface area (TPSA) is 12.0 Å². The molecule has 1 aromatic heterocycles. The largest absolute Gasteiger partial charge is 0.309 e. The molecule has 4 heteroatoms. The zero-order valence-electron chi connectivity index (χ0n) is 9.63. The van der Waals surface area contributed by atoms with Gasteiger partial charge in [0, 0.05) is 19.2 Å². The summed E-state index contributed by atoms with van der Waals surface area (Å²) in [5.41, 5.74) is 1.11. The first kappa shape index (κ1) is 13.1. The van der Waals surface area contributed by atoms with Gasteiger partial charge in [-0.3, -0.25) is 0 Å². The fraction of sp³-hybridized carbons (Fsp3) is 0.231. The summed E-state index contributed by atoms with van der Waals surface area (Å²) >= 11 is 11.6. The summed E-state index contributed by atoms with van der Waals surface area (Å²) < 4.78 is 1.14. The van der Waals surface area contributed by atoms with E-state index in [2.05, 4.69) is 40.3 Å². The minimum atomic E-state index is 0.136. The molecule has 0 aliphatic heterocycles. The Kier molecular flexibility index (Phi) is 4.26. The SMILES string of the molecule is CNC(c1ccccc1Cl)c1sc(C)cc1Br. The molecule has 1 N–H and O–H groups in total. The van der Waals surface area contributed by atoms with E-state index in [9.17, 15) is 0 Å². The third-order valence-electron chi connectivity index (χ3n) is 2.60. The number of thiophene rings is 1. The van der Waals surface area contributed by atoms with Gasteiger partial charge in [-0.2, -0.15) is 0 Å². The van der Waals surface area contributed by atoms with Crippen LogP contribution in [0.1, 0.15) is 21.4 Å². The number of rotatable bonds is 3. The van der Waals surface area contributed by atoms with Crippen molar-refractivity contribution in [2.24, 2.45) is 0 Å². The Morgan fingerprint density at radius 3 is 2.59 bits per heavy atom. The second-order valence-corrected chi connectivity index (χ2v) is 6.36. The number of benzene rings is 1. The highest BCUT2D eigenvalue weighted by Crippen LogP contribution is 2.37. The van der Waals surface area contributed by atoms with Gasteiger partial charge in [-0.15, -0.1) is 11.3 Å². The molecule has 90 valence electrons. The van der Waals surface area contributed by atoms with Gasteiger partial charge in [0.25, 0.3) is 0 Å². The Morgan fingerprint density at radius 1 is 1.35 bits per heavy atom. The lowest BCUT2D eigenvalue weighted by Gasteiger charge is -2.17. The molecule has 0 fully saturated rings. The van der Waals surface area contributed by atoms with E-state index in [1.807, 2.05) is 25.2 Å². The molecule has 1 aromatic carbocycles. The van der Waals surface area contributed by atoms with E-state index in [0.717, 1.165) is 15.1 Å². The van der Waals surface area contributed by atoms with Gasteiger partial charge in [0.1, 0.15) is 0 Å². The fourth-order valence-electron chi connectivity index (χ4n) is 1.84.